The van der Waals surface area contributed by atoms with E-state index in [4.69, 9.17) is 4.74 Å². The summed E-state index contributed by atoms with van der Waals surface area (Å²) in [6.45, 7) is 0.691. The number of halogens is 3. The van der Waals surface area contributed by atoms with Crippen molar-refractivity contribution in [3.63, 3.8) is 0 Å². The summed E-state index contributed by atoms with van der Waals surface area (Å²) >= 11 is 0. The fourth-order valence-electron chi connectivity index (χ4n) is 2.91. The number of benzene rings is 1. The molecule has 150 valence electrons. The maximum atomic E-state index is 14.5. The van der Waals surface area contributed by atoms with Gasteiger partial charge in [0.05, 0.1) is 24.5 Å². The molecule has 2 aliphatic rings. The molecule has 0 bridgehead atoms. The zero-order chi connectivity index (χ0) is 20.3. The van der Waals surface area contributed by atoms with Crippen LogP contribution in [0.3, 0.4) is 0 Å². The molecule has 1 fully saturated rings. The number of rotatable bonds is 7. The number of hydrogen-bond acceptors (Lipinski definition) is 6. The Labute approximate surface area is 158 Å². The number of carbonyl (C=O) groups excluding carboxylic acids is 3. The summed E-state index contributed by atoms with van der Waals surface area (Å²) in [6.07, 6.45) is -3.03. The minimum absolute atomic E-state index is 0.0244. The summed E-state index contributed by atoms with van der Waals surface area (Å²) in [5.74, 6) is -1.81. The number of amides is 2. The second-order valence-corrected chi connectivity index (χ2v) is 6.25. The molecule has 8 nitrogen and oxygen atoms in total. The molecule has 28 heavy (non-hydrogen) atoms. The highest BCUT2D eigenvalue weighted by Gasteiger charge is 2.33. The zero-order valence-corrected chi connectivity index (χ0v) is 14.6. The Balaban J connectivity index is 1.66. The van der Waals surface area contributed by atoms with Crippen LogP contribution in [0.4, 0.5) is 29.3 Å². The monoisotopic (exact) mass is 398 g/mol. The minimum Gasteiger partial charge on any atom is -0.444 e. The van der Waals surface area contributed by atoms with Crippen molar-refractivity contribution in [2.45, 2.75) is 25.4 Å². The van der Waals surface area contributed by atoms with E-state index in [1.54, 1.807) is 0 Å². The lowest BCUT2D eigenvalue weighted by Gasteiger charge is -2.27. The van der Waals surface area contributed by atoms with Crippen LogP contribution in [-0.2, 0) is 14.3 Å². The van der Waals surface area contributed by atoms with Crippen molar-refractivity contribution < 1.29 is 32.3 Å². The molecule has 3 rings (SSSR count). The predicted molar refractivity (Wildman–Crippen MR) is 92.9 cm³/mol. The van der Waals surface area contributed by atoms with Gasteiger partial charge in [0.1, 0.15) is 18.3 Å². The van der Waals surface area contributed by atoms with Gasteiger partial charge in [-0.25, -0.2) is 23.0 Å². The van der Waals surface area contributed by atoms with Gasteiger partial charge in [0.15, 0.2) is 5.78 Å². The summed E-state index contributed by atoms with van der Waals surface area (Å²) in [5.41, 5.74) is 0.474. The molecule has 1 saturated heterocycles. The van der Waals surface area contributed by atoms with Gasteiger partial charge >= 0.3 is 6.09 Å². The van der Waals surface area contributed by atoms with E-state index in [1.807, 2.05) is 0 Å². The number of Topliss-reactive ketones (excluding diaryl/α,β-unsaturated/α-hetero) is 1. The topological polar surface area (TPSA) is 82.5 Å². The van der Waals surface area contributed by atoms with E-state index < -0.39 is 36.6 Å². The van der Waals surface area contributed by atoms with Crippen molar-refractivity contribution in [3.05, 3.63) is 24.0 Å². The van der Waals surface area contributed by atoms with E-state index in [-0.39, 0.29) is 24.3 Å². The molecule has 1 aromatic rings. The standard InChI is InChI=1S/C17H17F3N4O4/c18-13-7-11(1-3-14(13)22-5-6-23(10-25)21-9-22)24-8-12(28-17(24)27)2-4-15(26)16(19)20/h1,3,7,9-10,12,16H,2,4-6,8H2/t12-/m0/s1. The maximum absolute atomic E-state index is 14.5. The molecular weight excluding hydrogens is 381 g/mol. The third-order valence-electron chi connectivity index (χ3n) is 4.41. The molecule has 0 radical (unpaired) electrons. The van der Waals surface area contributed by atoms with E-state index in [0.717, 1.165) is 6.07 Å². The largest absolute Gasteiger partial charge is 0.444 e. The number of hydrogen-bond donors (Lipinski definition) is 0. The number of hydrazone groups is 1. The molecule has 0 spiro atoms. The third kappa shape index (κ3) is 4.24. The summed E-state index contributed by atoms with van der Waals surface area (Å²) in [6, 6.07) is 4.14. The lowest BCUT2D eigenvalue weighted by Crippen LogP contribution is -2.37. The van der Waals surface area contributed by atoms with Crippen molar-refractivity contribution in [2.75, 3.05) is 29.4 Å². The van der Waals surface area contributed by atoms with Gasteiger partial charge in [-0.05, 0) is 24.6 Å². The van der Waals surface area contributed by atoms with Gasteiger partial charge in [-0.2, -0.15) is 5.10 Å². The van der Waals surface area contributed by atoms with Gasteiger partial charge in [0, 0.05) is 13.0 Å². The van der Waals surface area contributed by atoms with Gasteiger partial charge in [-0.3, -0.25) is 14.5 Å². The van der Waals surface area contributed by atoms with Gasteiger partial charge in [-0.1, -0.05) is 0 Å². The number of nitrogens with zero attached hydrogens (tertiary/aromatic N) is 4. The Morgan fingerprint density at radius 1 is 1.36 bits per heavy atom. The lowest BCUT2D eigenvalue weighted by molar-refractivity contribution is -0.130. The molecule has 1 atom stereocenters. The number of ketones is 1. The molecule has 0 aliphatic carbocycles. The summed E-state index contributed by atoms with van der Waals surface area (Å²) < 4.78 is 44.1. The molecule has 0 N–H and O–H groups in total. The average molecular weight is 398 g/mol. The Hall–Kier alpha value is -3.11. The van der Waals surface area contributed by atoms with Crippen LogP contribution >= 0.6 is 0 Å². The second kappa shape index (κ2) is 8.28. The SMILES string of the molecule is O=CN1CCN(c2ccc(N3C[C@H](CCC(=O)C(F)F)OC3=O)cc2F)C=N1. The highest BCUT2D eigenvalue weighted by Crippen LogP contribution is 2.29. The van der Waals surface area contributed by atoms with E-state index in [0.29, 0.717) is 19.5 Å². The first-order chi connectivity index (χ1) is 13.4. The molecule has 0 aromatic heterocycles. The van der Waals surface area contributed by atoms with Gasteiger partial charge in [-0.15, -0.1) is 0 Å². The van der Waals surface area contributed by atoms with Crippen LogP contribution in [-0.4, -0.2) is 61.8 Å². The van der Waals surface area contributed by atoms with E-state index in [9.17, 15) is 27.6 Å². The molecule has 0 saturated carbocycles. The molecule has 11 heteroatoms. The van der Waals surface area contributed by atoms with Gasteiger partial charge in [0.25, 0.3) is 6.43 Å². The third-order valence-corrected chi connectivity index (χ3v) is 4.41. The molecule has 1 aromatic carbocycles. The molecule has 2 amide bonds. The number of alkyl halides is 2. The van der Waals surface area contributed by atoms with Crippen LogP contribution < -0.4 is 9.80 Å². The zero-order valence-electron chi connectivity index (χ0n) is 14.6. The molecule has 2 heterocycles. The minimum atomic E-state index is -3.05. The number of cyclic esters (lactones) is 1. The van der Waals surface area contributed by atoms with Crippen LogP contribution in [0.15, 0.2) is 23.3 Å². The second-order valence-electron chi connectivity index (χ2n) is 6.25. The summed E-state index contributed by atoms with van der Waals surface area (Å²) in [4.78, 5) is 36.4. The first-order valence-electron chi connectivity index (χ1n) is 8.50. The summed E-state index contributed by atoms with van der Waals surface area (Å²) in [5, 5.41) is 5.03. The van der Waals surface area contributed by atoms with Crippen LogP contribution in [0.5, 0.6) is 0 Å². The van der Waals surface area contributed by atoms with E-state index in [2.05, 4.69) is 5.10 Å². The quantitative estimate of drug-likeness (QED) is 0.656. The van der Waals surface area contributed by atoms with Crippen LogP contribution in [0, 0.1) is 5.82 Å². The van der Waals surface area contributed by atoms with E-state index in [1.165, 1.54) is 33.3 Å². The Bertz CT molecular complexity index is 805. The van der Waals surface area contributed by atoms with Gasteiger partial charge in [0.2, 0.25) is 6.41 Å². The first-order valence-corrected chi connectivity index (χ1v) is 8.50. The highest BCUT2D eigenvalue weighted by molar-refractivity contribution is 5.90. The Kier molecular flexibility index (Phi) is 5.81. The van der Waals surface area contributed by atoms with Crippen LogP contribution in [0.2, 0.25) is 0 Å². The molecular formula is C17H17F3N4O4. The fourth-order valence-corrected chi connectivity index (χ4v) is 2.91. The van der Waals surface area contributed by atoms with Crippen molar-refractivity contribution in [1.82, 2.24) is 5.01 Å². The molecule has 0 unspecified atom stereocenters. The van der Waals surface area contributed by atoms with Crippen molar-refractivity contribution in [2.24, 2.45) is 5.10 Å². The van der Waals surface area contributed by atoms with Crippen molar-refractivity contribution >= 4 is 36.0 Å². The van der Waals surface area contributed by atoms with Gasteiger partial charge < -0.3 is 9.64 Å². The van der Waals surface area contributed by atoms with Crippen LogP contribution in [0.25, 0.3) is 0 Å². The molecule has 2 aliphatic heterocycles. The predicted octanol–water partition coefficient (Wildman–Crippen LogP) is 1.99. The average Bonchev–Trinajstić information content (AvgIpc) is 3.06. The first kappa shape index (κ1) is 19.6. The number of ether oxygens (including phenoxy) is 1. The Morgan fingerprint density at radius 2 is 2.14 bits per heavy atom. The van der Waals surface area contributed by atoms with Crippen molar-refractivity contribution in [1.29, 1.82) is 0 Å². The maximum Gasteiger partial charge on any atom is 0.414 e. The lowest BCUT2D eigenvalue weighted by atomic mass is 10.1. The smallest absolute Gasteiger partial charge is 0.414 e. The number of anilines is 2. The normalized spacial score (nSPS) is 19.4. The fraction of sp³-hybridized carbons (Fsp3) is 0.412. The summed E-state index contributed by atoms with van der Waals surface area (Å²) in [7, 11) is 0. The Morgan fingerprint density at radius 3 is 2.75 bits per heavy atom. The highest BCUT2D eigenvalue weighted by atomic mass is 19.3. The van der Waals surface area contributed by atoms with Crippen LogP contribution in [0.1, 0.15) is 12.8 Å². The number of carbonyl (C=O) groups is 3. The van der Waals surface area contributed by atoms with Crippen molar-refractivity contribution in [3.8, 4) is 0 Å². The van der Waals surface area contributed by atoms with E-state index >= 15 is 0 Å².